The van der Waals surface area contributed by atoms with E-state index in [1.807, 2.05) is 19.9 Å². The van der Waals surface area contributed by atoms with E-state index in [9.17, 15) is 19.5 Å². The van der Waals surface area contributed by atoms with Crippen molar-refractivity contribution < 1.29 is 14.7 Å². The van der Waals surface area contributed by atoms with Gasteiger partial charge in [-0.15, -0.1) is 0 Å². The fourth-order valence-corrected chi connectivity index (χ4v) is 3.19. The number of unbranched alkanes of at least 4 members (excludes halogenated alkanes) is 4. The van der Waals surface area contributed by atoms with Gasteiger partial charge < -0.3 is 9.67 Å². The Balaban J connectivity index is 2.20. The lowest BCUT2D eigenvalue weighted by molar-refractivity contribution is -0.122. The zero-order valence-corrected chi connectivity index (χ0v) is 18.0. The fraction of sp³-hybridized carbons (Fsp3) is 0.435. The molecular weight excluding hydrogens is 382 g/mol. The van der Waals surface area contributed by atoms with Crippen LogP contribution in [0.15, 0.2) is 40.7 Å². The summed E-state index contributed by atoms with van der Waals surface area (Å²) in [5.41, 5.74) is 5.15. The van der Waals surface area contributed by atoms with Crippen molar-refractivity contribution in [2.45, 2.75) is 65.8 Å². The molecule has 1 aromatic heterocycles. The Morgan fingerprint density at radius 1 is 1.07 bits per heavy atom. The van der Waals surface area contributed by atoms with Gasteiger partial charge in [0.15, 0.2) is 0 Å². The number of pyridine rings is 1. The minimum Gasteiger partial charge on any atom is -0.506 e. The average molecular weight is 414 g/mol. The molecular formula is C23H31N3O4. The van der Waals surface area contributed by atoms with Crippen molar-refractivity contribution in [1.29, 1.82) is 0 Å². The Kier molecular flexibility index (Phi) is 8.65. The normalized spacial score (nSPS) is 10.6. The summed E-state index contributed by atoms with van der Waals surface area (Å²) < 4.78 is 1.44. The molecule has 30 heavy (non-hydrogen) atoms. The highest BCUT2D eigenvalue weighted by atomic mass is 16.3. The number of hydrogen-bond donors (Lipinski definition) is 3. The van der Waals surface area contributed by atoms with Crippen LogP contribution in [0.4, 0.5) is 0 Å². The van der Waals surface area contributed by atoms with E-state index in [4.69, 9.17) is 0 Å². The van der Waals surface area contributed by atoms with Crippen LogP contribution >= 0.6 is 0 Å². The number of rotatable bonds is 9. The Morgan fingerprint density at radius 2 is 1.77 bits per heavy atom. The summed E-state index contributed by atoms with van der Waals surface area (Å²) >= 11 is 0. The first-order valence-corrected chi connectivity index (χ1v) is 10.4. The number of hydrazine groups is 1. The van der Waals surface area contributed by atoms with E-state index < -0.39 is 17.2 Å². The third-order valence-corrected chi connectivity index (χ3v) is 4.88. The molecule has 0 radical (unpaired) electrons. The number of carbonyl (C=O) groups is 2. The number of nitrogens with one attached hydrogen (secondary N) is 2. The number of carbonyl (C=O) groups excluding carboxylic acids is 2. The van der Waals surface area contributed by atoms with Gasteiger partial charge in [0.2, 0.25) is 5.91 Å². The van der Waals surface area contributed by atoms with Crippen LogP contribution in [0.25, 0.3) is 10.9 Å². The number of aromatic nitrogens is 1. The van der Waals surface area contributed by atoms with Gasteiger partial charge in [0.25, 0.3) is 11.5 Å². The Bertz CT molecular complexity index is 988. The Morgan fingerprint density at radius 3 is 2.47 bits per heavy atom. The van der Waals surface area contributed by atoms with E-state index >= 15 is 0 Å². The number of benzene rings is 1. The SMILES string of the molecule is CCCCCCCC(=O)NNC(=O)c1c(O)c2ccccc2n(CC=C(C)C)c1=O. The van der Waals surface area contributed by atoms with Gasteiger partial charge >= 0.3 is 0 Å². The van der Waals surface area contributed by atoms with Crippen LogP contribution < -0.4 is 16.4 Å². The second-order valence-electron chi connectivity index (χ2n) is 7.60. The molecule has 162 valence electrons. The van der Waals surface area contributed by atoms with Crippen molar-refractivity contribution in [2.24, 2.45) is 0 Å². The summed E-state index contributed by atoms with van der Waals surface area (Å²) in [4.78, 5) is 37.6. The van der Waals surface area contributed by atoms with E-state index in [0.29, 0.717) is 17.3 Å². The molecule has 0 spiro atoms. The van der Waals surface area contributed by atoms with Crippen molar-refractivity contribution in [3.05, 3.63) is 51.8 Å². The smallest absolute Gasteiger partial charge is 0.279 e. The second-order valence-corrected chi connectivity index (χ2v) is 7.60. The topological polar surface area (TPSA) is 100 Å². The van der Waals surface area contributed by atoms with Gasteiger partial charge in [-0.1, -0.05) is 56.4 Å². The lowest BCUT2D eigenvalue weighted by Gasteiger charge is -2.14. The third kappa shape index (κ3) is 5.95. The molecule has 0 saturated carbocycles. The molecule has 2 aromatic rings. The predicted octanol–water partition coefficient (Wildman–Crippen LogP) is 3.79. The summed E-state index contributed by atoms with van der Waals surface area (Å²) in [5, 5.41) is 11.0. The van der Waals surface area contributed by atoms with Gasteiger partial charge in [-0.05, 0) is 32.4 Å². The lowest BCUT2D eigenvalue weighted by atomic mass is 10.1. The van der Waals surface area contributed by atoms with Crippen LogP contribution in [0.2, 0.25) is 0 Å². The number of amides is 2. The first-order valence-electron chi connectivity index (χ1n) is 10.4. The van der Waals surface area contributed by atoms with Gasteiger partial charge in [-0.3, -0.25) is 25.2 Å². The second kappa shape index (κ2) is 11.2. The molecule has 3 N–H and O–H groups in total. The molecule has 7 heteroatoms. The van der Waals surface area contributed by atoms with E-state index in [1.54, 1.807) is 24.3 Å². The van der Waals surface area contributed by atoms with Gasteiger partial charge in [0.1, 0.15) is 11.3 Å². The van der Waals surface area contributed by atoms with Crippen LogP contribution in [-0.2, 0) is 11.3 Å². The minimum absolute atomic E-state index is 0.270. The highest BCUT2D eigenvalue weighted by Gasteiger charge is 2.22. The lowest BCUT2D eigenvalue weighted by Crippen LogP contribution is -2.44. The summed E-state index contributed by atoms with van der Waals surface area (Å²) in [6.45, 7) is 6.22. The first-order chi connectivity index (χ1) is 14.4. The molecule has 1 heterocycles. The van der Waals surface area contributed by atoms with E-state index in [1.165, 1.54) is 4.57 Å². The molecule has 0 unspecified atom stereocenters. The van der Waals surface area contributed by atoms with E-state index in [-0.39, 0.29) is 18.0 Å². The molecule has 0 aliphatic rings. The van der Waals surface area contributed by atoms with Gasteiger partial charge in [-0.25, -0.2) is 0 Å². The maximum atomic E-state index is 13.0. The van der Waals surface area contributed by atoms with Crippen molar-refractivity contribution in [3.63, 3.8) is 0 Å². The first kappa shape index (κ1) is 23.2. The molecule has 7 nitrogen and oxygen atoms in total. The molecule has 0 fully saturated rings. The highest BCUT2D eigenvalue weighted by molar-refractivity contribution is 6.02. The molecule has 0 atom stereocenters. The number of fused-ring (bicyclic) bond motifs is 1. The van der Waals surface area contributed by atoms with Gasteiger partial charge in [0, 0.05) is 18.4 Å². The number of para-hydroxylation sites is 1. The standard InChI is InChI=1S/C23H31N3O4/c1-4-5-6-7-8-13-19(27)24-25-22(29)20-21(28)17-11-9-10-12-18(17)26(23(20)30)15-14-16(2)3/h9-12,14,28H,4-8,13,15H2,1-3H3,(H,24,27)(H,25,29). The summed E-state index contributed by atoms with van der Waals surface area (Å²) in [7, 11) is 0. The summed E-state index contributed by atoms with van der Waals surface area (Å²) in [6, 6.07) is 6.85. The minimum atomic E-state index is -0.839. The van der Waals surface area contributed by atoms with Crippen LogP contribution in [0.1, 0.15) is 69.7 Å². The molecule has 1 aromatic carbocycles. The molecule has 0 aliphatic heterocycles. The Hall–Kier alpha value is -3.09. The van der Waals surface area contributed by atoms with Crippen molar-refractivity contribution in [2.75, 3.05) is 0 Å². The fourth-order valence-electron chi connectivity index (χ4n) is 3.19. The third-order valence-electron chi connectivity index (χ3n) is 4.88. The molecule has 2 amide bonds. The monoisotopic (exact) mass is 413 g/mol. The quantitative estimate of drug-likeness (QED) is 0.331. The van der Waals surface area contributed by atoms with Crippen molar-refractivity contribution in [3.8, 4) is 5.75 Å². The number of allylic oxidation sites excluding steroid dienone is 2. The zero-order chi connectivity index (χ0) is 22.1. The van der Waals surface area contributed by atoms with Crippen molar-refractivity contribution >= 4 is 22.7 Å². The Labute approximate surface area is 176 Å². The molecule has 0 aliphatic carbocycles. The zero-order valence-electron chi connectivity index (χ0n) is 18.0. The summed E-state index contributed by atoms with van der Waals surface area (Å²) in [6.07, 6.45) is 7.19. The largest absolute Gasteiger partial charge is 0.506 e. The maximum absolute atomic E-state index is 13.0. The highest BCUT2D eigenvalue weighted by Crippen LogP contribution is 2.26. The average Bonchev–Trinajstić information content (AvgIpc) is 2.72. The number of aromatic hydroxyl groups is 1. The van der Waals surface area contributed by atoms with Crippen LogP contribution in [0.3, 0.4) is 0 Å². The maximum Gasteiger partial charge on any atom is 0.279 e. The number of hydrogen-bond acceptors (Lipinski definition) is 4. The van der Waals surface area contributed by atoms with Crippen molar-refractivity contribution in [1.82, 2.24) is 15.4 Å². The number of nitrogens with zero attached hydrogens (tertiary/aromatic N) is 1. The molecule has 0 saturated heterocycles. The van der Waals surface area contributed by atoms with Gasteiger partial charge in [-0.2, -0.15) is 0 Å². The van der Waals surface area contributed by atoms with E-state index in [0.717, 1.165) is 37.7 Å². The van der Waals surface area contributed by atoms with Crippen LogP contribution in [0.5, 0.6) is 5.75 Å². The van der Waals surface area contributed by atoms with Gasteiger partial charge in [0.05, 0.1) is 5.52 Å². The molecule has 0 bridgehead atoms. The van der Waals surface area contributed by atoms with Crippen LogP contribution in [-0.4, -0.2) is 21.5 Å². The summed E-state index contributed by atoms with van der Waals surface area (Å²) in [5.74, 6) is -1.56. The van der Waals surface area contributed by atoms with E-state index in [2.05, 4.69) is 17.8 Å². The molecule has 2 rings (SSSR count). The predicted molar refractivity (Wildman–Crippen MR) is 118 cm³/mol. The van der Waals surface area contributed by atoms with Crippen LogP contribution in [0, 0.1) is 0 Å².